The fourth-order valence-corrected chi connectivity index (χ4v) is 3.94. The molecular formula is C25H35N3O. The first-order chi connectivity index (χ1) is 14.3. The molecule has 0 bridgehead atoms. The van der Waals surface area contributed by atoms with Crippen LogP contribution in [0.4, 0.5) is 0 Å². The third-order valence-corrected chi connectivity index (χ3v) is 5.62. The SMILES string of the molecule is CCCCCCCCCCCC(O)Cc1cccc(-n2nnc3ccccc32)c1. The van der Waals surface area contributed by atoms with E-state index in [9.17, 15) is 5.11 Å². The first-order valence-corrected chi connectivity index (χ1v) is 11.4. The largest absolute Gasteiger partial charge is 0.393 e. The molecule has 3 rings (SSSR count). The zero-order chi connectivity index (χ0) is 20.3. The van der Waals surface area contributed by atoms with E-state index in [1.54, 1.807) is 0 Å². The molecule has 1 aromatic heterocycles. The van der Waals surface area contributed by atoms with E-state index in [4.69, 9.17) is 0 Å². The van der Waals surface area contributed by atoms with Crippen molar-refractivity contribution < 1.29 is 5.11 Å². The molecule has 1 heterocycles. The summed E-state index contributed by atoms with van der Waals surface area (Å²) in [6.07, 6.45) is 13.1. The number of aliphatic hydroxyl groups is 1. The second-order valence-electron chi connectivity index (χ2n) is 8.13. The Bertz CT molecular complexity index is 858. The molecular weight excluding hydrogens is 358 g/mol. The standard InChI is InChI=1S/C25H35N3O/c1-2-3-4-5-6-7-8-9-10-16-23(29)20-21-14-13-15-22(19-21)28-25-18-12-11-17-24(25)26-27-28/h11-15,17-19,23,29H,2-10,16,20H2,1H3. The Labute approximate surface area is 175 Å². The van der Waals surface area contributed by atoms with Gasteiger partial charge in [0.05, 0.1) is 17.3 Å². The summed E-state index contributed by atoms with van der Waals surface area (Å²) in [5.41, 5.74) is 4.03. The van der Waals surface area contributed by atoms with Crippen molar-refractivity contribution in [1.29, 1.82) is 0 Å². The lowest BCUT2D eigenvalue weighted by molar-refractivity contribution is 0.161. The lowest BCUT2D eigenvalue weighted by atomic mass is 10.0. The Morgan fingerprint density at radius 3 is 2.38 bits per heavy atom. The molecule has 4 nitrogen and oxygen atoms in total. The van der Waals surface area contributed by atoms with Crippen LogP contribution in [-0.4, -0.2) is 26.2 Å². The maximum atomic E-state index is 10.5. The number of para-hydroxylation sites is 1. The highest BCUT2D eigenvalue weighted by molar-refractivity contribution is 5.75. The van der Waals surface area contributed by atoms with Gasteiger partial charge >= 0.3 is 0 Å². The van der Waals surface area contributed by atoms with Gasteiger partial charge in [0.25, 0.3) is 0 Å². The van der Waals surface area contributed by atoms with E-state index < -0.39 is 0 Å². The molecule has 1 N–H and O–H groups in total. The Hall–Kier alpha value is -2.20. The maximum absolute atomic E-state index is 10.5. The van der Waals surface area contributed by atoms with Crippen molar-refractivity contribution in [3.63, 3.8) is 0 Å². The molecule has 0 fully saturated rings. The van der Waals surface area contributed by atoms with Crippen molar-refractivity contribution in [2.45, 2.75) is 83.7 Å². The summed E-state index contributed by atoms with van der Waals surface area (Å²) in [6.45, 7) is 2.26. The molecule has 0 aliphatic heterocycles. The monoisotopic (exact) mass is 393 g/mol. The minimum Gasteiger partial charge on any atom is -0.393 e. The van der Waals surface area contributed by atoms with E-state index in [2.05, 4.69) is 29.4 Å². The van der Waals surface area contributed by atoms with Crippen molar-refractivity contribution in [1.82, 2.24) is 15.0 Å². The van der Waals surface area contributed by atoms with Gasteiger partial charge in [-0.1, -0.05) is 94.2 Å². The van der Waals surface area contributed by atoms with E-state index in [1.165, 1.54) is 51.4 Å². The van der Waals surface area contributed by atoms with Gasteiger partial charge in [-0.3, -0.25) is 0 Å². The van der Waals surface area contributed by atoms with Gasteiger partial charge in [-0.05, 0) is 42.7 Å². The summed E-state index contributed by atoms with van der Waals surface area (Å²) in [5, 5.41) is 19.0. The van der Waals surface area contributed by atoms with Crippen LogP contribution in [0.1, 0.15) is 76.7 Å². The van der Waals surface area contributed by atoms with Gasteiger partial charge in [0.15, 0.2) is 0 Å². The van der Waals surface area contributed by atoms with E-state index in [0.717, 1.165) is 35.1 Å². The maximum Gasteiger partial charge on any atom is 0.113 e. The first kappa shape index (κ1) is 21.5. The second-order valence-corrected chi connectivity index (χ2v) is 8.13. The zero-order valence-electron chi connectivity index (χ0n) is 17.8. The minimum atomic E-state index is -0.276. The summed E-state index contributed by atoms with van der Waals surface area (Å²) in [6, 6.07) is 16.2. The molecule has 0 radical (unpaired) electrons. The summed E-state index contributed by atoms with van der Waals surface area (Å²) in [7, 11) is 0. The third kappa shape index (κ3) is 6.67. The highest BCUT2D eigenvalue weighted by atomic mass is 16.3. The zero-order valence-corrected chi connectivity index (χ0v) is 17.8. The van der Waals surface area contributed by atoms with Gasteiger partial charge < -0.3 is 5.11 Å². The number of benzene rings is 2. The number of aliphatic hydroxyl groups excluding tert-OH is 1. The van der Waals surface area contributed by atoms with Crippen LogP contribution in [0.25, 0.3) is 16.7 Å². The number of hydrogen-bond acceptors (Lipinski definition) is 3. The van der Waals surface area contributed by atoms with Crippen LogP contribution in [0.3, 0.4) is 0 Å². The van der Waals surface area contributed by atoms with Crippen molar-refractivity contribution in [3.05, 3.63) is 54.1 Å². The first-order valence-electron chi connectivity index (χ1n) is 11.4. The van der Waals surface area contributed by atoms with Crippen LogP contribution in [-0.2, 0) is 6.42 Å². The van der Waals surface area contributed by atoms with Crippen molar-refractivity contribution >= 4 is 11.0 Å². The fraction of sp³-hybridized carbons (Fsp3) is 0.520. The van der Waals surface area contributed by atoms with Crippen LogP contribution >= 0.6 is 0 Å². The highest BCUT2D eigenvalue weighted by Crippen LogP contribution is 2.19. The van der Waals surface area contributed by atoms with E-state index in [0.29, 0.717) is 6.42 Å². The van der Waals surface area contributed by atoms with Gasteiger partial charge in [-0.15, -0.1) is 5.10 Å². The molecule has 4 heteroatoms. The highest BCUT2D eigenvalue weighted by Gasteiger charge is 2.09. The predicted octanol–water partition coefficient (Wildman–Crippen LogP) is 6.24. The Kier molecular flexibility index (Phi) is 8.69. The van der Waals surface area contributed by atoms with Crippen molar-refractivity contribution in [3.8, 4) is 5.69 Å². The minimum absolute atomic E-state index is 0.276. The number of unbranched alkanes of at least 4 members (excludes halogenated alkanes) is 8. The lowest BCUT2D eigenvalue weighted by Gasteiger charge is -2.12. The van der Waals surface area contributed by atoms with E-state index in [1.807, 2.05) is 41.1 Å². The molecule has 0 aliphatic carbocycles. The molecule has 1 atom stereocenters. The molecule has 156 valence electrons. The molecule has 3 aromatic rings. The number of aromatic nitrogens is 3. The normalized spacial score (nSPS) is 12.5. The van der Waals surface area contributed by atoms with E-state index >= 15 is 0 Å². The van der Waals surface area contributed by atoms with Gasteiger partial charge in [-0.25, -0.2) is 4.68 Å². The van der Waals surface area contributed by atoms with Crippen LogP contribution in [0.15, 0.2) is 48.5 Å². The van der Waals surface area contributed by atoms with Gasteiger partial charge in [0, 0.05) is 0 Å². The third-order valence-electron chi connectivity index (χ3n) is 5.62. The number of rotatable bonds is 13. The van der Waals surface area contributed by atoms with Gasteiger partial charge in [0.1, 0.15) is 5.52 Å². The van der Waals surface area contributed by atoms with Crippen LogP contribution < -0.4 is 0 Å². The summed E-state index contributed by atoms with van der Waals surface area (Å²) >= 11 is 0. The van der Waals surface area contributed by atoms with Crippen molar-refractivity contribution in [2.75, 3.05) is 0 Å². The average Bonchev–Trinajstić information content (AvgIpc) is 3.17. The second kappa shape index (κ2) is 11.7. The fourth-order valence-electron chi connectivity index (χ4n) is 3.94. The number of nitrogens with zero attached hydrogens (tertiary/aromatic N) is 3. The van der Waals surface area contributed by atoms with Crippen LogP contribution in [0, 0.1) is 0 Å². The summed E-state index contributed by atoms with van der Waals surface area (Å²) in [4.78, 5) is 0. The lowest BCUT2D eigenvalue weighted by Crippen LogP contribution is -2.10. The summed E-state index contributed by atoms with van der Waals surface area (Å²) in [5.74, 6) is 0. The number of hydrogen-bond donors (Lipinski definition) is 1. The molecule has 0 amide bonds. The predicted molar refractivity (Wildman–Crippen MR) is 120 cm³/mol. The van der Waals surface area contributed by atoms with Crippen molar-refractivity contribution in [2.24, 2.45) is 0 Å². The summed E-state index contributed by atoms with van der Waals surface area (Å²) < 4.78 is 1.87. The molecule has 0 saturated carbocycles. The Morgan fingerprint density at radius 1 is 0.862 bits per heavy atom. The molecule has 29 heavy (non-hydrogen) atoms. The Balaban J connectivity index is 1.42. The molecule has 0 saturated heterocycles. The number of fused-ring (bicyclic) bond motifs is 1. The molecule has 2 aromatic carbocycles. The molecule has 0 aliphatic rings. The topological polar surface area (TPSA) is 50.9 Å². The molecule has 1 unspecified atom stereocenters. The van der Waals surface area contributed by atoms with E-state index in [-0.39, 0.29) is 6.10 Å². The van der Waals surface area contributed by atoms with Gasteiger partial charge in [-0.2, -0.15) is 0 Å². The van der Waals surface area contributed by atoms with Gasteiger partial charge in [0.2, 0.25) is 0 Å². The quantitative estimate of drug-likeness (QED) is 0.349. The molecule has 0 spiro atoms. The van der Waals surface area contributed by atoms with Crippen LogP contribution in [0.2, 0.25) is 0 Å². The smallest absolute Gasteiger partial charge is 0.113 e. The Morgan fingerprint density at radius 2 is 1.59 bits per heavy atom. The average molecular weight is 394 g/mol. The van der Waals surface area contributed by atoms with Crippen LogP contribution in [0.5, 0.6) is 0 Å².